The van der Waals surface area contributed by atoms with Crippen molar-refractivity contribution < 1.29 is 28.9 Å². The van der Waals surface area contributed by atoms with E-state index in [1.54, 1.807) is 6.07 Å². The van der Waals surface area contributed by atoms with E-state index in [-0.39, 0.29) is 18.8 Å². The third-order valence-corrected chi connectivity index (χ3v) is 7.68. The van der Waals surface area contributed by atoms with Gasteiger partial charge in [0, 0.05) is 30.9 Å². The molecule has 216 valence electrons. The van der Waals surface area contributed by atoms with Crippen LogP contribution < -0.4 is 10.1 Å². The Kier molecular flexibility index (Phi) is 8.28. The van der Waals surface area contributed by atoms with E-state index in [2.05, 4.69) is 15.3 Å². The summed E-state index contributed by atoms with van der Waals surface area (Å²) >= 11 is 0. The fourth-order valence-electron chi connectivity index (χ4n) is 5.22. The Labute approximate surface area is 242 Å². The molecule has 1 aliphatic heterocycles. The van der Waals surface area contributed by atoms with Gasteiger partial charge in [-0.1, -0.05) is 30.3 Å². The van der Waals surface area contributed by atoms with Crippen LogP contribution in [0, 0.1) is 25.6 Å². The van der Waals surface area contributed by atoms with Crippen LogP contribution in [0.5, 0.6) is 5.75 Å². The molecule has 10 heteroatoms. The summed E-state index contributed by atoms with van der Waals surface area (Å²) in [4.78, 5) is 33.9. The van der Waals surface area contributed by atoms with E-state index in [0.717, 1.165) is 27.8 Å². The molecule has 0 bridgehead atoms. The van der Waals surface area contributed by atoms with Gasteiger partial charge in [-0.15, -0.1) is 0 Å². The molecule has 0 saturated carbocycles. The number of ether oxygens (including phenoxy) is 1. The summed E-state index contributed by atoms with van der Waals surface area (Å²) in [6.07, 6.45) is 2.68. The third-order valence-electron chi connectivity index (χ3n) is 7.68. The summed E-state index contributed by atoms with van der Waals surface area (Å²) in [5, 5.41) is 21.2. The minimum absolute atomic E-state index is 0.130. The molecule has 1 fully saturated rings. The number of anilines is 1. The van der Waals surface area contributed by atoms with E-state index >= 15 is 4.39 Å². The van der Waals surface area contributed by atoms with Crippen LogP contribution in [-0.4, -0.2) is 57.2 Å². The number of carboxylic acids is 1. The summed E-state index contributed by atoms with van der Waals surface area (Å²) in [6.45, 7) is 4.66. The van der Waals surface area contributed by atoms with Crippen molar-refractivity contribution in [2.24, 2.45) is 5.92 Å². The van der Waals surface area contributed by atoms with Gasteiger partial charge < -0.3 is 20.3 Å². The zero-order valence-corrected chi connectivity index (χ0v) is 23.5. The smallest absolute Gasteiger partial charge is 0.309 e. The lowest BCUT2D eigenvalue weighted by Crippen LogP contribution is -2.49. The van der Waals surface area contributed by atoms with Gasteiger partial charge in [0.25, 0.3) is 5.91 Å². The summed E-state index contributed by atoms with van der Waals surface area (Å²) < 4.78 is 21.0. The van der Waals surface area contributed by atoms with Crippen molar-refractivity contribution in [3.05, 3.63) is 94.8 Å². The van der Waals surface area contributed by atoms with Gasteiger partial charge in [0.15, 0.2) is 0 Å². The molecule has 0 atom stereocenters. The SMILES string of the molecule is COc1cc(-c2cccc(-c3cccc(NC(=O)c4cnc(CO)cn4)c3C)c2C)cc(F)c1CN1CC(C(=O)O)C1. The minimum Gasteiger partial charge on any atom is -0.496 e. The predicted molar refractivity (Wildman–Crippen MR) is 156 cm³/mol. The molecule has 1 amide bonds. The highest BCUT2D eigenvalue weighted by Gasteiger charge is 2.33. The molecule has 5 rings (SSSR count). The molecule has 1 aliphatic rings. The van der Waals surface area contributed by atoms with Crippen molar-refractivity contribution in [1.29, 1.82) is 0 Å². The number of nitrogens with one attached hydrogen (secondary N) is 1. The number of carbonyl (C=O) groups excluding carboxylic acids is 1. The maximum atomic E-state index is 15.5. The Balaban J connectivity index is 1.43. The number of nitrogens with zero attached hydrogens (tertiary/aromatic N) is 3. The van der Waals surface area contributed by atoms with Crippen molar-refractivity contribution >= 4 is 17.6 Å². The van der Waals surface area contributed by atoms with Crippen LogP contribution in [0.15, 0.2) is 60.9 Å². The molecule has 1 saturated heterocycles. The Morgan fingerprint density at radius 3 is 2.36 bits per heavy atom. The average molecular weight is 571 g/mol. The Hall–Kier alpha value is -4.67. The fraction of sp³-hybridized carbons (Fsp3) is 0.250. The highest BCUT2D eigenvalue weighted by atomic mass is 19.1. The van der Waals surface area contributed by atoms with Crippen molar-refractivity contribution in [1.82, 2.24) is 14.9 Å². The number of halogens is 1. The second-order valence-electron chi connectivity index (χ2n) is 10.3. The molecule has 1 aromatic heterocycles. The number of carboxylic acid groups (broad SMARTS) is 1. The Morgan fingerprint density at radius 1 is 1.02 bits per heavy atom. The lowest BCUT2D eigenvalue weighted by molar-refractivity contribution is -0.147. The van der Waals surface area contributed by atoms with E-state index in [1.165, 1.54) is 25.6 Å². The van der Waals surface area contributed by atoms with Crippen LogP contribution in [0.3, 0.4) is 0 Å². The lowest BCUT2D eigenvalue weighted by Gasteiger charge is -2.36. The van der Waals surface area contributed by atoms with Crippen LogP contribution in [0.2, 0.25) is 0 Å². The zero-order chi connectivity index (χ0) is 30.0. The molecule has 0 aliphatic carbocycles. The van der Waals surface area contributed by atoms with Crippen LogP contribution in [0.1, 0.15) is 32.9 Å². The first-order valence-corrected chi connectivity index (χ1v) is 13.4. The average Bonchev–Trinajstić information content (AvgIpc) is 2.96. The first kappa shape index (κ1) is 28.8. The molecule has 3 aromatic carbocycles. The van der Waals surface area contributed by atoms with Gasteiger partial charge in [-0.05, 0) is 65.4 Å². The third kappa shape index (κ3) is 5.72. The molecular weight excluding hydrogens is 539 g/mol. The molecule has 4 aromatic rings. The largest absolute Gasteiger partial charge is 0.496 e. The number of aromatic nitrogens is 2. The van der Waals surface area contributed by atoms with E-state index in [0.29, 0.717) is 41.3 Å². The van der Waals surface area contributed by atoms with E-state index in [4.69, 9.17) is 14.9 Å². The number of aliphatic hydroxyl groups excluding tert-OH is 1. The zero-order valence-electron chi connectivity index (χ0n) is 23.5. The number of hydrogen-bond donors (Lipinski definition) is 3. The van der Waals surface area contributed by atoms with Gasteiger partial charge in [0.05, 0.1) is 37.7 Å². The van der Waals surface area contributed by atoms with Crippen molar-refractivity contribution in [3.8, 4) is 28.0 Å². The van der Waals surface area contributed by atoms with Crippen molar-refractivity contribution in [2.45, 2.75) is 27.0 Å². The summed E-state index contributed by atoms with van der Waals surface area (Å²) in [5.41, 5.74) is 6.61. The van der Waals surface area contributed by atoms with Crippen molar-refractivity contribution in [3.63, 3.8) is 0 Å². The number of rotatable bonds is 9. The number of hydrogen-bond acceptors (Lipinski definition) is 7. The Morgan fingerprint density at radius 2 is 1.71 bits per heavy atom. The maximum Gasteiger partial charge on any atom is 0.309 e. The first-order chi connectivity index (χ1) is 20.2. The second kappa shape index (κ2) is 12.1. The number of aliphatic hydroxyl groups is 1. The lowest BCUT2D eigenvalue weighted by atomic mass is 9.90. The molecular formula is C32H31FN4O5. The number of benzene rings is 3. The van der Waals surface area contributed by atoms with Gasteiger partial charge in [0.1, 0.15) is 17.3 Å². The molecule has 2 heterocycles. The first-order valence-electron chi connectivity index (χ1n) is 13.4. The monoisotopic (exact) mass is 570 g/mol. The highest BCUT2D eigenvalue weighted by molar-refractivity contribution is 6.03. The summed E-state index contributed by atoms with van der Waals surface area (Å²) in [7, 11) is 1.50. The van der Waals surface area contributed by atoms with Crippen molar-refractivity contribution in [2.75, 3.05) is 25.5 Å². The van der Waals surface area contributed by atoms with E-state index in [1.807, 2.05) is 55.1 Å². The minimum atomic E-state index is -0.838. The normalized spacial score (nSPS) is 13.5. The van der Waals surface area contributed by atoms with Crippen LogP contribution in [-0.2, 0) is 17.9 Å². The van der Waals surface area contributed by atoms with Gasteiger partial charge in [-0.3, -0.25) is 19.5 Å². The van der Waals surface area contributed by atoms with Crippen LogP contribution in [0.4, 0.5) is 10.1 Å². The topological polar surface area (TPSA) is 125 Å². The fourth-order valence-corrected chi connectivity index (χ4v) is 5.22. The van der Waals surface area contributed by atoms with Gasteiger partial charge in [0.2, 0.25) is 0 Å². The quantitative estimate of drug-likeness (QED) is 0.261. The van der Waals surface area contributed by atoms with Gasteiger partial charge >= 0.3 is 5.97 Å². The summed E-state index contributed by atoms with van der Waals surface area (Å²) in [5.74, 6) is -1.69. The maximum absolute atomic E-state index is 15.5. The standard InChI is InChI=1S/C32H31FN4O5/c1-18-23(20-10-27(33)26(30(11-20)42-3)16-37-14-21(15-37)32(40)41)6-4-7-24(18)25-8-5-9-28(19(25)2)36-31(39)29-13-34-22(17-38)12-35-29/h4-13,21,38H,14-17H2,1-3H3,(H,36,39)(H,40,41). The summed E-state index contributed by atoms with van der Waals surface area (Å²) in [6, 6.07) is 14.7. The number of methoxy groups -OCH3 is 1. The molecule has 0 radical (unpaired) electrons. The number of amides is 1. The highest BCUT2D eigenvalue weighted by Crippen LogP contribution is 2.38. The molecule has 9 nitrogen and oxygen atoms in total. The van der Waals surface area contributed by atoms with Crippen LogP contribution >= 0.6 is 0 Å². The number of likely N-dealkylation sites (tertiary alicyclic amines) is 1. The predicted octanol–water partition coefficient (Wildman–Crippen LogP) is 4.84. The van der Waals surface area contributed by atoms with Crippen LogP contribution in [0.25, 0.3) is 22.3 Å². The molecule has 0 unspecified atom stereocenters. The molecule has 3 N–H and O–H groups in total. The van der Waals surface area contributed by atoms with E-state index in [9.17, 15) is 9.59 Å². The second-order valence-corrected chi connectivity index (χ2v) is 10.3. The van der Waals surface area contributed by atoms with Gasteiger partial charge in [-0.2, -0.15) is 0 Å². The number of carbonyl (C=O) groups is 2. The molecule has 42 heavy (non-hydrogen) atoms. The Bertz CT molecular complexity index is 1650. The van der Waals surface area contributed by atoms with E-state index < -0.39 is 23.6 Å². The van der Waals surface area contributed by atoms with Gasteiger partial charge in [-0.25, -0.2) is 9.37 Å². The number of aliphatic carboxylic acids is 1. The molecule has 0 spiro atoms.